The van der Waals surface area contributed by atoms with Crippen LogP contribution in [0.2, 0.25) is 10.2 Å². The molecule has 0 aliphatic heterocycles. The SMILES string of the molecule is O=C(Nc1ccc(Cl)cc1)c1cc(Cl)[nH]n1. The molecule has 0 atom stereocenters. The monoisotopic (exact) mass is 255 g/mol. The smallest absolute Gasteiger partial charge is 0.276 e. The van der Waals surface area contributed by atoms with E-state index in [0.29, 0.717) is 15.9 Å². The summed E-state index contributed by atoms with van der Waals surface area (Å²) in [4.78, 5) is 11.6. The predicted molar refractivity (Wildman–Crippen MR) is 63.0 cm³/mol. The number of amides is 1. The maximum absolute atomic E-state index is 11.6. The summed E-state index contributed by atoms with van der Waals surface area (Å²) in [5.74, 6) is -0.328. The average molecular weight is 256 g/mol. The summed E-state index contributed by atoms with van der Waals surface area (Å²) >= 11 is 11.3. The Kier molecular flexibility index (Phi) is 3.12. The van der Waals surface area contributed by atoms with Crippen molar-refractivity contribution in [2.75, 3.05) is 5.32 Å². The normalized spacial score (nSPS) is 10.1. The summed E-state index contributed by atoms with van der Waals surface area (Å²) in [6.07, 6.45) is 0. The lowest BCUT2D eigenvalue weighted by atomic mass is 10.3. The van der Waals surface area contributed by atoms with Crippen molar-refractivity contribution < 1.29 is 4.79 Å². The van der Waals surface area contributed by atoms with Crippen LogP contribution >= 0.6 is 23.2 Å². The number of halogens is 2. The Labute approximate surface area is 102 Å². The van der Waals surface area contributed by atoms with Gasteiger partial charge in [0.15, 0.2) is 5.69 Å². The average Bonchev–Trinajstić information content (AvgIpc) is 2.68. The summed E-state index contributed by atoms with van der Waals surface area (Å²) in [6, 6.07) is 8.24. The maximum Gasteiger partial charge on any atom is 0.276 e. The zero-order chi connectivity index (χ0) is 11.5. The molecule has 1 aromatic heterocycles. The van der Waals surface area contributed by atoms with E-state index in [1.807, 2.05) is 0 Å². The van der Waals surface area contributed by atoms with Crippen molar-refractivity contribution in [1.82, 2.24) is 10.2 Å². The number of benzene rings is 1. The van der Waals surface area contributed by atoms with E-state index in [2.05, 4.69) is 15.5 Å². The summed E-state index contributed by atoms with van der Waals surface area (Å²) in [5, 5.41) is 9.80. The molecule has 0 radical (unpaired) electrons. The fourth-order valence-electron chi connectivity index (χ4n) is 1.14. The summed E-state index contributed by atoms with van der Waals surface area (Å²) < 4.78 is 0. The minimum absolute atomic E-state index is 0.236. The van der Waals surface area contributed by atoms with Gasteiger partial charge in [-0.2, -0.15) is 5.10 Å². The van der Waals surface area contributed by atoms with Crippen molar-refractivity contribution in [1.29, 1.82) is 0 Å². The fourth-order valence-corrected chi connectivity index (χ4v) is 1.41. The highest BCUT2D eigenvalue weighted by molar-refractivity contribution is 6.30. The molecule has 2 aromatic rings. The van der Waals surface area contributed by atoms with Crippen molar-refractivity contribution >= 4 is 34.8 Å². The van der Waals surface area contributed by atoms with Gasteiger partial charge < -0.3 is 5.32 Å². The lowest BCUT2D eigenvalue weighted by Gasteiger charge is -2.02. The maximum atomic E-state index is 11.6. The van der Waals surface area contributed by atoms with Crippen LogP contribution in [-0.2, 0) is 0 Å². The Morgan fingerprint density at radius 3 is 2.50 bits per heavy atom. The number of H-pyrrole nitrogens is 1. The van der Waals surface area contributed by atoms with Crippen LogP contribution in [0.1, 0.15) is 10.5 Å². The van der Waals surface area contributed by atoms with Gasteiger partial charge in [0.2, 0.25) is 0 Å². The van der Waals surface area contributed by atoms with E-state index in [4.69, 9.17) is 23.2 Å². The summed E-state index contributed by atoms with van der Waals surface area (Å²) in [7, 11) is 0. The molecule has 1 amide bonds. The van der Waals surface area contributed by atoms with Gasteiger partial charge in [-0.15, -0.1) is 0 Å². The number of rotatable bonds is 2. The third-order valence-corrected chi connectivity index (χ3v) is 2.33. The van der Waals surface area contributed by atoms with Gasteiger partial charge in [0.05, 0.1) is 0 Å². The first-order valence-corrected chi connectivity index (χ1v) is 5.18. The second-order valence-electron chi connectivity index (χ2n) is 3.06. The van der Waals surface area contributed by atoms with E-state index in [9.17, 15) is 4.79 Å². The lowest BCUT2D eigenvalue weighted by Crippen LogP contribution is -2.12. The summed E-state index contributed by atoms with van der Waals surface area (Å²) in [6.45, 7) is 0. The molecule has 4 nitrogen and oxygen atoms in total. The Hall–Kier alpha value is -1.52. The van der Waals surface area contributed by atoms with Gasteiger partial charge in [-0.3, -0.25) is 9.89 Å². The first kappa shape index (κ1) is 11.0. The molecule has 0 fully saturated rings. The zero-order valence-electron chi connectivity index (χ0n) is 8.00. The molecule has 0 saturated carbocycles. The molecular formula is C10H7Cl2N3O. The molecule has 82 valence electrons. The fraction of sp³-hybridized carbons (Fsp3) is 0. The van der Waals surface area contributed by atoms with Gasteiger partial charge in [-0.25, -0.2) is 0 Å². The number of hydrogen-bond donors (Lipinski definition) is 2. The number of nitrogens with zero attached hydrogens (tertiary/aromatic N) is 1. The minimum Gasteiger partial charge on any atom is -0.321 e. The van der Waals surface area contributed by atoms with Crippen LogP contribution in [0.25, 0.3) is 0 Å². The molecule has 1 heterocycles. The standard InChI is InChI=1S/C10H7Cl2N3O/c11-6-1-3-7(4-2-6)13-10(16)8-5-9(12)15-14-8/h1-5H,(H,13,16)(H,14,15). The van der Waals surface area contributed by atoms with E-state index < -0.39 is 0 Å². The molecule has 0 unspecified atom stereocenters. The first-order chi connectivity index (χ1) is 7.65. The lowest BCUT2D eigenvalue weighted by molar-refractivity contribution is 0.102. The molecule has 0 saturated heterocycles. The molecule has 0 spiro atoms. The molecule has 6 heteroatoms. The number of anilines is 1. The van der Waals surface area contributed by atoms with E-state index in [1.54, 1.807) is 24.3 Å². The highest BCUT2D eigenvalue weighted by atomic mass is 35.5. The predicted octanol–water partition coefficient (Wildman–Crippen LogP) is 2.97. The van der Waals surface area contributed by atoms with Crippen molar-refractivity contribution in [2.45, 2.75) is 0 Å². The van der Waals surface area contributed by atoms with Crippen molar-refractivity contribution in [3.05, 3.63) is 46.2 Å². The molecule has 0 aliphatic carbocycles. The number of aromatic nitrogens is 2. The van der Waals surface area contributed by atoms with Gasteiger partial charge >= 0.3 is 0 Å². The van der Waals surface area contributed by atoms with Crippen LogP contribution in [0.5, 0.6) is 0 Å². The third-order valence-electron chi connectivity index (χ3n) is 1.88. The van der Waals surface area contributed by atoms with Gasteiger partial charge in [-0.1, -0.05) is 23.2 Å². The van der Waals surface area contributed by atoms with Crippen molar-refractivity contribution in [2.24, 2.45) is 0 Å². The Morgan fingerprint density at radius 2 is 1.94 bits per heavy atom. The molecular weight excluding hydrogens is 249 g/mol. The van der Waals surface area contributed by atoms with E-state index in [0.717, 1.165) is 0 Å². The van der Waals surface area contributed by atoms with Gasteiger partial charge in [-0.05, 0) is 24.3 Å². The second-order valence-corrected chi connectivity index (χ2v) is 3.91. The van der Waals surface area contributed by atoms with Crippen LogP contribution in [-0.4, -0.2) is 16.1 Å². The molecule has 0 aliphatic rings. The van der Waals surface area contributed by atoms with Crippen LogP contribution < -0.4 is 5.32 Å². The van der Waals surface area contributed by atoms with Crippen LogP contribution in [0.3, 0.4) is 0 Å². The second kappa shape index (κ2) is 4.55. The number of hydrogen-bond acceptors (Lipinski definition) is 2. The van der Waals surface area contributed by atoms with E-state index in [-0.39, 0.29) is 11.6 Å². The molecule has 0 bridgehead atoms. The highest BCUT2D eigenvalue weighted by Gasteiger charge is 2.09. The number of carbonyl (C=O) groups is 1. The van der Waals surface area contributed by atoms with Gasteiger partial charge in [0.1, 0.15) is 5.15 Å². The first-order valence-electron chi connectivity index (χ1n) is 4.43. The largest absolute Gasteiger partial charge is 0.321 e. The van der Waals surface area contributed by atoms with E-state index in [1.165, 1.54) is 6.07 Å². The minimum atomic E-state index is -0.328. The number of aromatic amines is 1. The van der Waals surface area contributed by atoms with Crippen LogP contribution in [0.4, 0.5) is 5.69 Å². The van der Waals surface area contributed by atoms with Crippen LogP contribution in [0, 0.1) is 0 Å². The Bertz CT molecular complexity index is 507. The zero-order valence-corrected chi connectivity index (χ0v) is 9.51. The Balaban J connectivity index is 2.10. The van der Waals surface area contributed by atoms with Gasteiger partial charge in [0.25, 0.3) is 5.91 Å². The number of nitrogens with one attached hydrogen (secondary N) is 2. The molecule has 1 aromatic carbocycles. The van der Waals surface area contributed by atoms with E-state index >= 15 is 0 Å². The molecule has 2 rings (SSSR count). The van der Waals surface area contributed by atoms with Crippen molar-refractivity contribution in [3.8, 4) is 0 Å². The molecule has 16 heavy (non-hydrogen) atoms. The third kappa shape index (κ3) is 2.53. The quantitative estimate of drug-likeness (QED) is 0.867. The summed E-state index contributed by atoms with van der Waals surface area (Å²) in [5.41, 5.74) is 0.883. The Morgan fingerprint density at radius 1 is 1.25 bits per heavy atom. The van der Waals surface area contributed by atoms with Crippen LogP contribution in [0.15, 0.2) is 30.3 Å². The number of carbonyl (C=O) groups excluding carboxylic acids is 1. The highest BCUT2D eigenvalue weighted by Crippen LogP contribution is 2.14. The van der Waals surface area contributed by atoms with Crippen molar-refractivity contribution in [3.63, 3.8) is 0 Å². The van der Waals surface area contributed by atoms with Gasteiger partial charge in [0, 0.05) is 16.8 Å². The molecule has 2 N–H and O–H groups in total. The topological polar surface area (TPSA) is 57.8 Å².